The minimum Gasteiger partial charge on any atom is -0.465 e. The number of nitrogens with one attached hydrogen (secondary N) is 1. The van der Waals surface area contributed by atoms with Gasteiger partial charge in [-0.2, -0.15) is 4.68 Å². The van der Waals surface area contributed by atoms with Gasteiger partial charge in [0, 0.05) is 17.3 Å². The first-order valence-electron chi connectivity index (χ1n) is 10.3. The maximum Gasteiger partial charge on any atom is 0.338 e. The molecule has 2 aromatic heterocycles. The maximum absolute atomic E-state index is 13.3. The lowest BCUT2D eigenvalue weighted by molar-refractivity contribution is -0.111. The second-order valence-electron chi connectivity index (χ2n) is 6.99. The number of esters is 1. The molecule has 2 aromatic carbocycles. The summed E-state index contributed by atoms with van der Waals surface area (Å²) in [4.78, 5) is 25.2. The third-order valence-corrected chi connectivity index (χ3v) is 4.60. The van der Waals surface area contributed by atoms with Gasteiger partial charge in [0.2, 0.25) is 0 Å². The summed E-state index contributed by atoms with van der Waals surface area (Å²) in [5.74, 6) is -0.00670. The van der Waals surface area contributed by atoms with Crippen molar-refractivity contribution in [2.24, 2.45) is 0 Å². The molecule has 0 aliphatic rings. The first-order chi connectivity index (χ1) is 16.2. The molecule has 0 atom stereocenters. The number of furan rings is 1. The molecule has 0 spiro atoms. The van der Waals surface area contributed by atoms with E-state index in [0.29, 0.717) is 29.4 Å². The second-order valence-corrected chi connectivity index (χ2v) is 6.99. The molecular weight excluding hydrogens is 422 g/mol. The summed E-state index contributed by atoms with van der Waals surface area (Å²) in [6, 6.07) is 19.2. The van der Waals surface area contributed by atoms with Crippen molar-refractivity contribution in [2.75, 3.05) is 11.9 Å². The summed E-state index contributed by atoms with van der Waals surface area (Å²) in [6.45, 7) is 2.28. The number of nitrogens with zero attached hydrogens (tertiary/aromatic N) is 4. The van der Waals surface area contributed by atoms with E-state index in [1.165, 1.54) is 10.9 Å². The predicted molar refractivity (Wildman–Crippen MR) is 122 cm³/mol. The average Bonchev–Trinajstić information content (AvgIpc) is 3.54. The lowest BCUT2D eigenvalue weighted by Crippen LogP contribution is -2.19. The van der Waals surface area contributed by atoms with Crippen LogP contribution in [-0.2, 0) is 9.53 Å². The second kappa shape index (κ2) is 10.2. The highest BCUT2D eigenvalue weighted by Gasteiger charge is 2.20. The fourth-order valence-corrected chi connectivity index (χ4v) is 3.01. The number of hydrogen-bond acceptors (Lipinski definition) is 7. The zero-order valence-electron chi connectivity index (χ0n) is 17.8. The van der Waals surface area contributed by atoms with Gasteiger partial charge in [-0.15, -0.1) is 5.10 Å². The van der Waals surface area contributed by atoms with Crippen LogP contribution in [0.1, 0.15) is 29.5 Å². The van der Waals surface area contributed by atoms with Gasteiger partial charge in [-0.1, -0.05) is 37.3 Å². The van der Waals surface area contributed by atoms with Crippen LogP contribution >= 0.6 is 0 Å². The molecular formula is C24H21N5O4. The molecule has 4 aromatic rings. The van der Waals surface area contributed by atoms with Crippen LogP contribution < -0.4 is 5.32 Å². The molecule has 1 N–H and O–H groups in total. The number of carbonyl (C=O) groups is 2. The summed E-state index contributed by atoms with van der Waals surface area (Å²) in [6.07, 6.45) is 3.80. The Morgan fingerprint density at radius 2 is 1.85 bits per heavy atom. The molecule has 9 nitrogen and oxygen atoms in total. The smallest absolute Gasteiger partial charge is 0.338 e. The van der Waals surface area contributed by atoms with E-state index in [-0.39, 0.29) is 5.70 Å². The van der Waals surface area contributed by atoms with E-state index in [0.717, 1.165) is 12.0 Å². The molecule has 166 valence electrons. The number of ether oxygens (including phenoxy) is 1. The van der Waals surface area contributed by atoms with Gasteiger partial charge in [0.05, 0.1) is 18.4 Å². The minimum absolute atomic E-state index is 0.153. The number of benzene rings is 2. The van der Waals surface area contributed by atoms with Gasteiger partial charge >= 0.3 is 5.97 Å². The molecule has 33 heavy (non-hydrogen) atoms. The Kier molecular flexibility index (Phi) is 6.70. The first-order valence-corrected chi connectivity index (χ1v) is 10.3. The van der Waals surface area contributed by atoms with Gasteiger partial charge in [-0.05, 0) is 53.2 Å². The third kappa shape index (κ3) is 5.21. The molecule has 0 aliphatic heterocycles. The van der Waals surface area contributed by atoms with Crippen molar-refractivity contribution < 1.29 is 18.7 Å². The van der Waals surface area contributed by atoms with Crippen molar-refractivity contribution in [3.05, 3.63) is 84.3 Å². The molecule has 0 aliphatic carbocycles. The highest BCUT2D eigenvalue weighted by Crippen LogP contribution is 2.22. The van der Waals surface area contributed by atoms with Crippen LogP contribution in [0.25, 0.3) is 23.2 Å². The summed E-state index contributed by atoms with van der Waals surface area (Å²) in [5.41, 5.74) is 1.79. The average molecular weight is 443 g/mol. The van der Waals surface area contributed by atoms with Crippen LogP contribution in [0.4, 0.5) is 5.69 Å². The number of tetrazole rings is 1. The van der Waals surface area contributed by atoms with E-state index in [1.807, 2.05) is 37.3 Å². The van der Waals surface area contributed by atoms with Crippen molar-refractivity contribution >= 4 is 29.3 Å². The highest BCUT2D eigenvalue weighted by molar-refractivity contribution is 6.24. The van der Waals surface area contributed by atoms with Crippen molar-refractivity contribution in [2.45, 2.75) is 13.3 Å². The molecule has 9 heteroatoms. The molecule has 2 heterocycles. The van der Waals surface area contributed by atoms with E-state index < -0.39 is 11.9 Å². The summed E-state index contributed by atoms with van der Waals surface area (Å²) in [5, 5.41) is 14.7. The normalized spacial score (nSPS) is 11.2. The molecule has 1 amide bonds. The zero-order valence-corrected chi connectivity index (χ0v) is 17.8. The number of rotatable bonds is 8. The monoisotopic (exact) mass is 443 g/mol. The quantitative estimate of drug-likeness (QED) is 0.322. The minimum atomic E-state index is -0.461. The molecule has 0 saturated carbocycles. The Morgan fingerprint density at radius 3 is 2.55 bits per heavy atom. The lowest BCUT2D eigenvalue weighted by Gasteiger charge is -2.11. The molecule has 0 bridgehead atoms. The Bertz CT molecular complexity index is 1250. The van der Waals surface area contributed by atoms with E-state index >= 15 is 0 Å². The van der Waals surface area contributed by atoms with Crippen LogP contribution in [0, 0.1) is 0 Å². The number of amides is 1. The largest absolute Gasteiger partial charge is 0.465 e. The molecule has 0 fully saturated rings. The van der Waals surface area contributed by atoms with E-state index in [2.05, 4.69) is 20.8 Å². The van der Waals surface area contributed by atoms with E-state index in [1.54, 1.807) is 42.5 Å². The molecule has 0 radical (unpaired) electrons. The van der Waals surface area contributed by atoms with Crippen LogP contribution in [0.3, 0.4) is 0 Å². The Labute approximate surface area is 189 Å². The van der Waals surface area contributed by atoms with Gasteiger partial charge in [0.25, 0.3) is 5.91 Å². The van der Waals surface area contributed by atoms with Gasteiger partial charge in [0.15, 0.2) is 5.82 Å². The van der Waals surface area contributed by atoms with E-state index in [9.17, 15) is 9.59 Å². The first kappa shape index (κ1) is 21.7. The summed E-state index contributed by atoms with van der Waals surface area (Å²) >= 11 is 0. The van der Waals surface area contributed by atoms with Crippen molar-refractivity contribution in [3.63, 3.8) is 0 Å². The van der Waals surface area contributed by atoms with Crippen molar-refractivity contribution in [3.8, 4) is 11.4 Å². The summed E-state index contributed by atoms with van der Waals surface area (Å²) in [7, 11) is 0. The topological polar surface area (TPSA) is 112 Å². The number of aromatic nitrogens is 4. The maximum atomic E-state index is 13.3. The van der Waals surface area contributed by atoms with Gasteiger partial charge < -0.3 is 14.5 Å². The number of hydrogen-bond donors (Lipinski definition) is 1. The Morgan fingerprint density at radius 1 is 1.06 bits per heavy atom. The van der Waals surface area contributed by atoms with Crippen LogP contribution in [0.15, 0.2) is 77.4 Å². The molecule has 0 saturated heterocycles. The lowest BCUT2D eigenvalue weighted by atomic mass is 10.2. The molecule has 4 rings (SSSR count). The molecule has 0 unspecified atom stereocenters. The summed E-state index contributed by atoms with van der Waals surface area (Å²) < 4.78 is 11.9. The Balaban J connectivity index is 1.61. The zero-order chi connectivity index (χ0) is 23.0. The van der Waals surface area contributed by atoms with Gasteiger partial charge in [-0.3, -0.25) is 4.79 Å². The highest BCUT2D eigenvalue weighted by atomic mass is 16.5. The van der Waals surface area contributed by atoms with E-state index in [4.69, 9.17) is 9.15 Å². The van der Waals surface area contributed by atoms with Crippen LogP contribution in [0.2, 0.25) is 0 Å². The Hall–Kier alpha value is -4.53. The van der Waals surface area contributed by atoms with Gasteiger partial charge in [-0.25, -0.2) is 4.79 Å². The standard InChI is InChI=1S/C24H21N5O4/c1-2-14-33-24(31)18-10-12-19(13-11-18)25-23(30)21(16-20-9-6-15-32-20)29-22(26-27-28-29)17-7-4-3-5-8-17/h3-13,15-16H,2,14H2,1H3,(H,25,30). The van der Waals surface area contributed by atoms with Crippen LogP contribution in [-0.4, -0.2) is 38.7 Å². The number of anilines is 1. The fraction of sp³-hybridized carbons (Fsp3) is 0.125. The van der Waals surface area contributed by atoms with Crippen LogP contribution in [0.5, 0.6) is 0 Å². The SMILES string of the molecule is CCCOC(=O)c1ccc(NC(=O)C(=Cc2ccco2)n2nnnc2-c2ccccc2)cc1. The third-order valence-electron chi connectivity index (χ3n) is 4.60. The predicted octanol–water partition coefficient (Wildman–Crippen LogP) is 4.14. The number of carbonyl (C=O) groups excluding carboxylic acids is 2. The van der Waals surface area contributed by atoms with Gasteiger partial charge in [0.1, 0.15) is 11.5 Å². The fourth-order valence-electron chi connectivity index (χ4n) is 3.01. The van der Waals surface area contributed by atoms with Crippen molar-refractivity contribution in [1.29, 1.82) is 0 Å². The van der Waals surface area contributed by atoms with Crippen molar-refractivity contribution in [1.82, 2.24) is 20.2 Å².